The first-order valence-corrected chi connectivity index (χ1v) is 8.06. The highest BCUT2D eigenvalue weighted by atomic mass is 16.4. The Morgan fingerprint density at radius 2 is 1.33 bits per heavy atom. The molecule has 13 nitrogen and oxygen atoms in total. The largest absolute Gasteiger partial charge is 0.481 e. The molecular weight excluding hydrogens is 360 g/mol. The second-order valence-electron chi connectivity index (χ2n) is 5.42. The third-order valence-corrected chi connectivity index (χ3v) is 2.86. The summed E-state index contributed by atoms with van der Waals surface area (Å²) in [6.45, 7) is 1.72. The normalized spacial score (nSPS) is 11.8. The summed E-state index contributed by atoms with van der Waals surface area (Å²) in [5.41, 5.74) is 26.4. The summed E-state index contributed by atoms with van der Waals surface area (Å²) in [7, 11) is 0. The van der Waals surface area contributed by atoms with Gasteiger partial charge in [-0.3, -0.25) is 19.6 Å². The zero-order valence-electron chi connectivity index (χ0n) is 15.3. The van der Waals surface area contributed by atoms with Crippen molar-refractivity contribution in [2.75, 3.05) is 13.1 Å². The van der Waals surface area contributed by atoms with E-state index in [1.165, 1.54) is 0 Å². The van der Waals surface area contributed by atoms with Gasteiger partial charge in [0.05, 0.1) is 6.04 Å². The first kappa shape index (κ1) is 26.1. The highest BCUT2D eigenvalue weighted by Gasteiger charge is 2.22. The van der Waals surface area contributed by atoms with Crippen molar-refractivity contribution in [3.63, 3.8) is 0 Å². The number of rotatable bonds is 11. The van der Waals surface area contributed by atoms with E-state index in [9.17, 15) is 9.59 Å². The van der Waals surface area contributed by atoms with E-state index in [4.69, 9.17) is 43.7 Å². The van der Waals surface area contributed by atoms with E-state index in [1.807, 2.05) is 0 Å². The highest BCUT2D eigenvalue weighted by molar-refractivity contribution is 5.86. The van der Waals surface area contributed by atoms with Crippen molar-refractivity contribution < 1.29 is 24.6 Å². The summed E-state index contributed by atoms with van der Waals surface area (Å²) in [6.07, 6.45) is 1.45. The first-order chi connectivity index (χ1) is 12.5. The van der Waals surface area contributed by atoms with Crippen LogP contribution in [-0.4, -0.2) is 65.2 Å². The summed E-state index contributed by atoms with van der Waals surface area (Å²) in [5, 5.41) is 18.9. The second-order valence-corrected chi connectivity index (χ2v) is 5.42. The van der Waals surface area contributed by atoms with Crippen LogP contribution < -0.4 is 34.0 Å². The van der Waals surface area contributed by atoms with Crippen LogP contribution in [0.15, 0.2) is 9.98 Å². The van der Waals surface area contributed by atoms with E-state index in [-0.39, 0.29) is 24.9 Å². The number of nitrogens with two attached hydrogens (primary N) is 5. The molecule has 0 radical (unpaired) electrons. The van der Waals surface area contributed by atoms with Gasteiger partial charge < -0.3 is 44.2 Å². The lowest BCUT2D eigenvalue weighted by molar-refractivity contribution is -0.142. The Kier molecular flexibility index (Phi) is 14.7. The van der Waals surface area contributed by atoms with Crippen molar-refractivity contribution in [3.8, 4) is 0 Å². The monoisotopic (exact) mass is 390 g/mol. The van der Waals surface area contributed by atoms with Gasteiger partial charge in [0, 0.05) is 20.0 Å². The lowest BCUT2D eigenvalue weighted by atomic mass is 10.1. The molecule has 13 heteroatoms. The van der Waals surface area contributed by atoms with Crippen LogP contribution in [0.25, 0.3) is 0 Å². The minimum atomic E-state index is -1.14. The number of carboxylic acids is 2. The summed E-state index contributed by atoms with van der Waals surface area (Å²) in [5.74, 6) is -2.61. The Bertz CT molecular complexity index is 526. The van der Waals surface area contributed by atoms with Gasteiger partial charge in [-0.25, -0.2) is 4.79 Å². The Morgan fingerprint density at radius 1 is 0.926 bits per heavy atom. The fraction of sp³-hybridized carbons (Fsp3) is 0.643. The first-order valence-electron chi connectivity index (χ1n) is 8.06. The van der Waals surface area contributed by atoms with Gasteiger partial charge in [0.1, 0.15) is 6.04 Å². The van der Waals surface area contributed by atoms with Crippen LogP contribution in [0.1, 0.15) is 32.6 Å². The van der Waals surface area contributed by atoms with Crippen molar-refractivity contribution in [2.24, 2.45) is 38.7 Å². The number of aliphatic imine (C=N–C) groups is 2. The molecule has 0 fully saturated rings. The van der Waals surface area contributed by atoms with E-state index in [1.54, 1.807) is 0 Å². The maximum Gasteiger partial charge on any atom is 0.326 e. The number of nitrogens with zero attached hydrogens (tertiary/aromatic N) is 2. The Balaban J connectivity index is 0. The lowest BCUT2D eigenvalue weighted by Gasteiger charge is -2.17. The fourth-order valence-electron chi connectivity index (χ4n) is 1.69. The van der Waals surface area contributed by atoms with E-state index in [2.05, 4.69) is 15.3 Å². The van der Waals surface area contributed by atoms with Crippen molar-refractivity contribution in [1.29, 1.82) is 0 Å². The molecule has 0 aromatic rings. The van der Waals surface area contributed by atoms with Crippen LogP contribution in [0, 0.1) is 0 Å². The molecule has 13 N–H and O–H groups in total. The molecule has 0 aliphatic heterocycles. The molecule has 0 aromatic heterocycles. The van der Waals surface area contributed by atoms with Crippen molar-refractivity contribution in [3.05, 3.63) is 0 Å². The SMILES string of the molecule is CC(=O)O.NC(N)=NCCCC(N)C(=O)NC(CCCN=C(N)N)C(=O)O. The molecule has 1 amide bonds. The Hall–Kier alpha value is -3.09. The minimum Gasteiger partial charge on any atom is -0.481 e. The number of nitrogens with one attached hydrogen (secondary N) is 1. The maximum atomic E-state index is 11.9. The third kappa shape index (κ3) is 19.1. The molecule has 0 aliphatic carbocycles. The number of carbonyl (C=O) groups excluding carboxylic acids is 1. The van der Waals surface area contributed by atoms with Crippen LogP contribution in [0.3, 0.4) is 0 Å². The number of aliphatic carboxylic acids is 2. The molecule has 0 spiro atoms. The zero-order chi connectivity index (χ0) is 21.4. The fourth-order valence-corrected chi connectivity index (χ4v) is 1.69. The van der Waals surface area contributed by atoms with Crippen molar-refractivity contribution in [1.82, 2.24) is 5.32 Å². The van der Waals surface area contributed by atoms with Gasteiger partial charge in [0.2, 0.25) is 5.91 Å². The van der Waals surface area contributed by atoms with Gasteiger partial charge in [-0.05, 0) is 25.7 Å². The smallest absolute Gasteiger partial charge is 0.326 e. The molecule has 0 rings (SSSR count). The number of carboxylic acid groups (broad SMARTS) is 2. The van der Waals surface area contributed by atoms with Crippen LogP contribution >= 0.6 is 0 Å². The Morgan fingerprint density at radius 3 is 1.70 bits per heavy atom. The van der Waals surface area contributed by atoms with Crippen LogP contribution in [0.4, 0.5) is 0 Å². The maximum absolute atomic E-state index is 11.9. The summed E-state index contributed by atoms with van der Waals surface area (Å²) < 4.78 is 0. The molecule has 0 saturated carbocycles. The van der Waals surface area contributed by atoms with E-state index < -0.39 is 29.9 Å². The quantitative estimate of drug-likeness (QED) is 0.101. The summed E-state index contributed by atoms with van der Waals surface area (Å²) in [4.78, 5) is 39.5. The van der Waals surface area contributed by atoms with Gasteiger partial charge in [-0.2, -0.15) is 0 Å². The van der Waals surface area contributed by atoms with Gasteiger partial charge in [0.15, 0.2) is 11.9 Å². The molecule has 27 heavy (non-hydrogen) atoms. The zero-order valence-corrected chi connectivity index (χ0v) is 15.3. The highest BCUT2D eigenvalue weighted by Crippen LogP contribution is 2.01. The lowest BCUT2D eigenvalue weighted by Crippen LogP contribution is -2.48. The molecule has 2 unspecified atom stereocenters. The Labute approximate surface area is 157 Å². The van der Waals surface area contributed by atoms with Gasteiger partial charge in [-0.15, -0.1) is 0 Å². The van der Waals surface area contributed by atoms with Crippen molar-refractivity contribution in [2.45, 2.75) is 44.7 Å². The predicted molar refractivity (Wildman–Crippen MR) is 101 cm³/mol. The molecule has 0 aliphatic rings. The molecule has 156 valence electrons. The minimum absolute atomic E-state index is 0.0326. The van der Waals surface area contributed by atoms with Crippen LogP contribution in [0.2, 0.25) is 0 Å². The van der Waals surface area contributed by atoms with Crippen molar-refractivity contribution >= 4 is 29.8 Å². The van der Waals surface area contributed by atoms with Gasteiger partial charge in [0.25, 0.3) is 5.97 Å². The van der Waals surface area contributed by atoms with Crippen LogP contribution in [-0.2, 0) is 14.4 Å². The molecule has 0 heterocycles. The number of carbonyl (C=O) groups is 3. The standard InChI is InChI=1S/C12H26N8O3.C2H4O2/c13-7(3-1-5-18-11(14)15)9(21)20-8(10(22)23)4-2-6-19-12(16)17;1-2(3)4/h7-8H,1-6,13H2,(H,20,21)(H,22,23)(H4,14,15,18)(H4,16,17,19);1H3,(H,3,4). The van der Waals surface area contributed by atoms with E-state index >= 15 is 0 Å². The molecule has 0 saturated heterocycles. The van der Waals surface area contributed by atoms with E-state index in [0.29, 0.717) is 25.8 Å². The molecule has 0 aromatic carbocycles. The third-order valence-electron chi connectivity index (χ3n) is 2.86. The number of hydrogen-bond acceptors (Lipinski definition) is 6. The second kappa shape index (κ2) is 15.2. The summed E-state index contributed by atoms with van der Waals surface area (Å²) in [6, 6.07) is -1.87. The molecule has 2 atom stereocenters. The van der Waals surface area contributed by atoms with Gasteiger partial charge in [-0.1, -0.05) is 0 Å². The average Bonchev–Trinajstić information content (AvgIpc) is 2.52. The van der Waals surface area contributed by atoms with Gasteiger partial charge >= 0.3 is 5.97 Å². The number of amides is 1. The topological polar surface area (TPSA) is 259 Å². The average molecular weight is 390 g/mol. The number of hydrogen-bond donors (Lipinski definition) is 8. The molecular formula is C14H30N8O5. The predicted octanol–water partition coefficient (Wildman–Crippen LogP) is -2.92. The summed E-state index contributed by atoms with van der Waals surface area (Å²) >= 11 is 0. The molecule has 0 bridgehead atoms. The number of guanidine groups is 2. The van der Waals surface area contributed by atoms with E-state index in [0.717, 1.165) is 6.92 Å². The van der Waals surface area contributed by atoms with Crippen LogP contribution in [0.5, 0.6) is 0 Å².